The lowest BCUT2D eigenvalue weighted by Gasteiger charge is -2.26. The molecule has 180 valence electrons. The van der Waals surface area contributed by atoms with Crippen LogP contribution in [0.25, 0.3) is 5.76 Å². The minimum atomic E-state index is -1.27. The number of phenols is 1. The van der Waals surface area contributed by atoms with E-state index in [1.165, 1.54) is 30.3 Å². The largest absolute Gasteiger partial charge is 0.508 e. The van der Waals surface area contributed by atoms with Crippen molar-refractivity contribution in [1.82, 2.24) is 0 Å². The van der Waals surface area contributed by atoms with E-state index in [-0.39, 0.29) is 22.8 Å². The molecule has 0 saturated carbocycles. The van der Waals surface area contributed by atoms with Crippen molar-refractivity contribution in [2.24, 2.45) is 5.92 Å². The van der Waals surface area contributed by atoms with Crippen molar-refractivity contribution in [3.63, 3.8) is 0 Å². The molecule has 8 heteroatoms. The molecule has 1 unspecified atom stereocenters. The molecule has 0 bridgehead atoms. The summed E-state index contributed by atoms with van der Waals surface area (Å²) in [6.45, 7) is 4.39. The fourth-order valence-corrected chi connectivity index (χ4v) is 3.88. The Hall–Kier alpha value is -4.20. The number of aliphatic hydroxyl groups excluding tert-OH is 1. The fraction of sp³-hybridized carbons (Fsp3) is 0.185. The third kappa shape index (κ3) is 4.73. The number of benzene rings is 3. The van der Waals surface area contributed by atoms with E-state index >= 15 is 0 Å². The summed E-state index contributed by atoms with van der Waals surface area (Å²) in [5, 5.41) is 20.9. The van der Waals surface area contributed by atoms with Gasteiger partial charge in [-0.25, -0.2) is 8.78 Å². The highest BCUT2D eigenvalue weighted by atomic mass is 19.1. The number of rotatable bonds is 6. The quantitative estimate of drug-likeness (QED) is 0.283. The highest BCUT2D eigenvalue weighted by molar-refractivity contribution is 6.51. The van der Waals surface area contributed by atoms with Gasteiger partial charge < -0.3 is 14.9 Å². The van der Waals surface area contributed by atoms with Crippen LogP contribution in [-0.2, 0) is 9.59 Å². The summed E-state index contributed by atoms with van der Waals surface area (Å²) in [6.07, 6.45) is 0. The van der Waals surface area contributed by atoms with Crippen LogP contribution < -0.4 is 9.64 Å². The highest BCUT2D eigenvalue weighted by Gasteiger charge is 2.47. The number of nitrogens with zero attached hydrogens (tertiary/aromatic N) is 1. The van der Waals surface area contributed by atoms with Crippen LogP contribution >= 0.6 is 0 Å². The number of anilines is 1. The second kappa shape index (κ2) is 9.58. The van der Waals surface area contributed by atoms with E-state index in [1.54, 1.807) is 18.2 Å². The molecule has 3 aromatic rings. The van der Waals surface area contributed by atoms with Crippen molar-refractivity contribution in [3.05, 3.63) is 95.1 Å². The molecule has 1 aliphatic heterocycles. The first-order chi connectivity index (χ1) is 16.7. The van der Waals surface area contributed by atoms with Crippen molar-refractivity contribution < 1.29 is 33.3 Å². The number of aromatic hydroxyl groups is 1. The Morgan fingerprint density at radius 2 is 1.74 bits per heavy atom. The predicted octanol–water partition coefficient (Wildman–Crippen LogP) is 5.33. The van der Waals surface area contributed by atoms with Crippen LogP contribution in [-0.4, -0.2) is 28.5 Å². The molecule has 6 nitrogen and oxygen atoms in total. The topological polar surface area (TPSA) is 87.1 Å². The number of amides is 1. The monoisotopic (exact) mass is 479 g/mol. The summed E-state index contributed by atoms with van der Waals surface area (Å²) < 4.78 is 34.4. The van der Waals surface area contributed by atoms with E-state index in [0.717, 1.165) is 23.1 Å². The number of phenolic OH excluding ortho intramolecular Hbond substituents is 1. The van der Waals surface area contributed by atoms with Gasteiger partial charge in [-0.15, -0.1) is 0 Å². The summed E-state index contributed by atoms with van der Waals surface area (Å²) in [4.78, 5) is 27.0. The maximum Gasteiger partial charge on any atom is 0.300 e. The smallest absolute Gasteiger partial charge is 0.300 e. The molecule has 1 aliphatic rings. The zero-order valence-corrected chi connectivity index (χ0v) is 19.0. The number of aliphatic hydroxyl groups is 1. The van der Waals surface area contributed by atoms with E-state index in [1.807, 2.05) is 13.8 Å². The number of Topliss-reactive ketones (excluding diaryl/α,β-unsaturated/α-hetero) is 1. The first kappa shape index (κ1) is 23.9. The van der Waals surface area contributed by atoms with Crippen LogP contribution in [0.2, 0.25) is 0 Å². The molecule has 0 aromatic heterocycles. The number of carbonyl (C=O) groups excluding carboxylic acids is 2. The number of halogens is 2. The molecule has 35 heavy (non-hydrogen) atoms. The fourth-order valence-electron chi connectivity index (χ4n) is 3.88. The van der Waals surface area contributed by atoms with E-state index in [2.05, 4.69) is 0 Å². The second-order valence-corrected chi connectivity index (χ2v) is 8.59. The molecular weight excluding hydrogens is 456 g/mol. The number of ether oxygens (including phenoxy) is 1. The molecule has 2 N–H and O–H groups in total. The normalized spacial score (nSPS) is 17.3. The Labute approximate surface area is 200 Å². The number of hydrogen-bond donors (Lipinski definition) is 2. The van der Waals surface area contributed by atoms with Crippen molar-refractivity contribution in [2.75, 3.05) is 11.5 Å². The standard InChI is InChI=1S/C27H23F2NO5/c1-15(2)14-35-20-5-3-4-17(12-20)25(32)23-24(16-6-9-19(31)10-7-16)30(27(34)26(23)33)22-13-18(28)8-11-21(22)29/h3-13,15,24,31-32H,14H2,1-2H3/b25-23+. The van der Waals surface area contributed by atoms with Crippen molar-refractivity contribution in [2.45, 2.75) is 19.9 Å². The van der Waals surface area contributed by atoms with Gasteiger partial charge >= 0.3 is 0 Å². The highest BCUT2D eigenvalue weighted by Crippen LogP contribution is 2.43. The average molecular weight is 479 g/mol. The van der Waals surface area contributed by atoms with Crippen molar-refractivity contribution >= 4 is 23.1 Å². The van der Waals surface area contributed by atoms with Gasteiger partial charge in [0.25, 0.3) is 11.7 Å². The van der Waals surface area contributed by atoms with Crippen LogP contribution in [0, 0.1) is 17.6 Å². The van der Waals surface area contributed by atoms with Gasteiger partial charge in [-0.05, 0) is 47.9 Å². The Bertz CT molecular complexity index is 1320. The first-order valence-electron chi connectivity index (χ1n) is 11.0. The number of carbonyl (C=O) groups is 2. The van der Waals surface area contributed by atoms with Gasteiger partial charge in [-0.1, -0.05) is 38.1 Å². The Balaban J connectivity index is 1.89. The molecule has 1 saturated heterocycles. The van der Waals surface area contributed by atoms with E-state index in [4.69, 9.17) is 4.74 Å². The van der Waals surface area contributed by atoms with Gasteiger partial charge in [0, 0.05) is 11.6 Å². The summed E-state index contributed by atoms with van der Waals surface area (Å²) >= 11 is 0. The maximum absolute atomic E-state index is 14.7. The van der Waals surface area contributed by atoms with Gasteiger partial charge in [0.1, 0.15) is 28.9 Å². The molecular formula is C27H23F2NO5. The summed E-state index contributed by atoms with van der Waals surface area (Å²) in [5.41, 5.74) is -0.226. The molecule has 1 amide bonds. The van der Waals surface area contributed by atoms with Crippen LogP contribution in [0.3, 0.4) is 0 Å². The Morgan fingerprint density at radius 1 is 1.03 bits per heavy atom. The van der Waals surface area contributed by atoms with Gasteiger partial charge in [-0.2, -0.15) is 0 Å². The summed E-state index contributed by atoms with van der Waals surface area (Å²) in [7, 11) is 0. The Morgan fingerprint density at radius 3 is 2.43 bits per heavy atom. The average Bonchev–Trinajstić information content (AvgIpc) is 3.10. The summed E-state index contributed by atoms with van der Waals surface area (Å²) in [6, 6.07) is 13.2. The van der Waals surface area contributed by atoms with Crippen molar-refractivity contribution in [3.8, 4) is 11.5 Å². The lowest BCUT2D eigenvalue weighted by atomic mass is 9.95. The molecule has 0 radical (unpaired) electrons. The zero-order chi connectivity index (χ0) is 25.3. The minimum absolute atomic E-state index is 0.0716. The lowest BCUT2D eigenvalue weighted by Crippen LogP contribution is -2.30. The third-order valence-electron chi connectivity index (χ3n) is 5.51. The van der Waals surface area contributed by atoms with E-state index in [9.17, 15) is 28.6 Å². The molecule has 1 atom stereocenters. The number of ketones is 1. The molecule has 1 fully saturated rings. The second-order valence-electron chi connectivity index (χ2n) is 8.59. The number of hydrogen-bond acceptors (Lipinski definition) is 5. The van der Waals surface area contributed by atoms with Gasteiger partial charge in [-0.3, -0.25) is 14.5 Å². The van der Waals surface area contributed by atoms with E-state index < -0.39 is 40.8 Å². The summed E-state index contributed by atoms with van der Waals surface area (Å²) in [5.74, 6) is -3.75. The molecule has 0 spiro atoms. The van der Waals surface area contributed by atoms with Crippen LogP contribution in [0.5, 0.6) is 11.5 Å². The van der Waals surface area contributed by atoms with Gasteiger partial charge in [0.2, 0.25) is 0 Å². The molecule has 0 aliphatic carbocycles. The maximum atomic E-state index is 14.7. The van der Waals surface area contributed by atoms with Gasteiger partial charge in [0.15, 0.2) is 0 Å². The Kier molecular flexibility index (Phi) is 6.55. The molecule has 1 heterocycles. The van der Waals surface area contributed by atoms with Crippen LogP contribution in [0.15, 0.2) is 72.3 Å². The molecule has 3 aromatic carbocycles. The van der Waals surface area contributed by atoms with Crippen LogP contribution in [0.1, 0.15) is 31.0 Å². The lowest BCUT2D eigenvalue weighted by molar-refractivity contribution is -0.132. The zero-order valence-electron chi connectivity index (χ0n) is 19.0. The SMILES string of the molecule is CC(C)COc1cccc(/C(O)=C2\C(=O)C(=O)N(c3cc(F)ccc3F)C2c2ccc(O)cc2)c1. The first-order valence-corrected chi connectivity index (χ1v) is 11.0. The van der Waals surface area contributed by atoms with Crippen molar-refractivity contribution in [1.29, 1.82) is 0 Å². The van der Waals surface area contributed by atoms with E-state index in [0.29, 0.717) is 17.9 Å². The predicted molar refractivity (Wildman–Crippen MR) is 126 cm³/mol. The van der Waals surface area contributed by atoms with Gasteiger partial charge in [0.05, 0.1) is 23.9 Å². The van der Waals surface area contributed by atoms with Crippen LogP contribution in [0.4, 0.5) is 14.5 Å². The molecule has 4 rings (SSSR count). The minimum Gasteiger partial charge on any atom is -0.508 e. The third-order valence-corrected chi connectivity index (χ3v) is 5.51.